The summed E-state index contributed by atoms with van der Waals surface area (Å²) in [6.45, 7) is 7.07. The summed E-state index contributed by atoms with van der Waals surface area (Å²) in [4.78, 5) is 16.5. The van der Waals surface area contributed by atoms with Gasteiger partial charge in [0.25, 0.3) is 5.91 Å². The van der Waals surface area contributed by atoms with E-state index in [0.717, 1.165) is 17.3 Å². The van der Waals surface area contributed by atoms with Crippen molar-refractivity contribution in [1.29, 1.82) is 0 Å². The predicted molar refractivity (Wildman–Crippen MR) is 82.6 cm³/mol. The van der Waals surface area contributed by atoms with Crippen molar-refractivity contribution in [2.75, 3.05) is 12.3 Å². The van der Waals surface area contributed by atoms with Gasteiger partial charge in [0, 0.05) is 17.6 Å². The summed E-state index contributed by atoms with van der Waals surface area (Å²) in [6, 6.07) is 9.19. The molecule has 1 amide bonds. The average Bonchev–Trinajstić information content (AvgIpc) is 2.37. The molecule has 1 heterocycles. The largest absolute Gasteiger partial charge is 0.398 e. The quantitative estimate of drug-likeness (QED) is 0.901. The highest BCUT2D eigenvalue weighted by Gasteiger charge is 2.13. The van der Waals surface area contributed by atoms with Crippen LogP contribution in [0.15, 0.2) is 30.3 Å². The van der Waals surface area contributed by atoms with Crippen LogP contribution in [0.2, 0.25) is 0 Å². The zero-order chi connectivity index (χ0) is 14.8. The number of aromatic nitrogens is 1. The van der Waals surface area contributed by atoms with Crippen molar-refractivity contribution in [1.82, 2.24) is 10.3 Å². The fourth-order valence-electron chi connectivity index (χ4n) is 1.96. The van der Waals surface area contributed by atoms with Gasteiger partial charge in [-0.25, -0.2) is 4.98 Å². The van der Waals surface area contributed by atoms with Crippen molar-refractivity contribution in [2.24, 2.45) is 5.41 Å². The summed E-state index contributed by atoms with van der Waals surface area (Å²) in [7, 11) is 0. The Morgan fingerprint density at radius 3 is 2.70 bits per heavy atom. The number of rotatable bonds is 3. The van der Waals surface area contributed by atoms with Crippen LogP contribution < -0.4 is 11.1 Å². The monoisotopic (exact) mass is 271 g/mol. The Labute approximate surface area is 119 Å². The number of nitrogen functional groups attached to an aromatic ring is 1. The van der Waals surface area contributed by atoms with Crippen LogP contribution in [0.25, 0.3) is 10.9 Å². The highest BCUT2D eigenvalue weighted by molar-refractivity contribution is 5.99. The van der Waals surface area contributed by atoms with Crippen molar-refractivity contribution < 1.29 is 4.79 Å². The first kappa shape index (κ1) is 14.3. The second kappa shape index (κ2) is 5.49. The number of fused-ring (bicyclic) bond motifs is 1. The van der Waals surface area contributed by atoms with E-state index in [1.807, 2.05) is 24.3 Å². The molecule has 0 radical (unpaired) electrons. The van der Waals surface area contributed by atoms with Crippen molar-refractivity contribution in [3.8, 4) is 0 Å². The van der Waals surface area contributed by atoms with Gasteiger partial charge in [-0.3, -0.25) is 4.79 Å². The van der Waals surface area contributed by atoms with E-state index in [0.29, 0.717) is 17.9 Å². The molecule has 0 fully saturated rings. The molecule has 0 saturated carbocycles. The van der Waals surface area contributed by atoms with E-state index >= 15 is 0 Å². The number of carbonyl (C=O) groups is 1. The molecule has 2 rings (SSSR count). The third kappa shape index (κ3) is 3.47. The number of para-hydroxylation sites is 1. The second-order valence-electron chi connectivity index (χ2n) is 6.18. The molecule has 0 aliphatic carbocycles. The highest BCUT2D eigenvalue weighted by Crippen LogP contribution is 2.20. The van der Waals surface area contributed by atoms with Crippen LogP contribution in [0.5, 0.6) is 0 Å². The molecule has 4 heteroatoms. The molecule has 3 N–H and O–H groups in total. The van der Waals surface area contributed by atoms with Crippen LogP contribution in [0.3, 0.4) is 0 Å². The number of nitrogens with two attached hydrogens (primary N) is 1. The van der Waals surface area contributed by atoms with E-state index in [4.69, 9.17) is 5.73 Å². The van der Waals surface area contributed by atoms with Gasteiger partial charge in [0.15, 0.2) is 0 Å². The van der Waals surface area contributed by atoms with Crippen molar-refractivity contribution in [3.05, 3.63) is 36.0 Å². The molecule has 1 aromatic carbocycles. The molecule has 0 aliphatic heterocycles. The lowest BCUT2D eigenvalue weighted by Gasteiger charge is -2.18. The number of hydrogen-bond donors (Lipinski definition) is 2. The molecule has 0 saturated heterocycles. The van der Waals surface area contributed by atoms with Crippen molar-refractivity contribution >= 4 is 22.5 Å². The standard InChI is InChI=1S/C16H21N3O/c1-16(2,3)8-9-18-15(20)14-10-12(17)11-6-4-5-7-13(11)19-14/h4-7,10H,8-9H2,1-3H3,(H2,17,19)(H,18,20). The Balaban J connectivity index is 2.14. The molecule has 4 nitrogen and oxygen atoms in total. The van der Waals surface area contributed by atoms with Crippen LogP contribution >= 0.6 is 0 Å². The third-order valence-electron chi connectivity index (χ3n) is 3.14. The van der Waals surface area contributed by atoms with Gasteiger partial charge in [0.05, 0.1) is 5.52 Å². The van der Waals surface area contributed by atoms with Crippen LogP contribution in [0.1, 0.15) is 37.7 Å². The smallest absolute Gasteiger partial charge is 0.269 e. The molecule has 20 heavy (non-hydrogen) atoms. The number of benzene rings is 1. The molecule has 0 bridgehead atoms. The van der Waals surface area contributed by atoms with E-state index in [2.05, 4.69) is 31.1 Å². The van der Waals surface area contributed by atoms with Crippen LogP contribution in [0, 0.1) is 5.41 Å². The first-order valence-corrected chi connectivity index (χ1v) is 6.80. The highest BCUT2D eigenvalue weighted by atomic mass is 16.1. The number of amides is 1. The summed E-state index contributed by atoms with van der Waals surface area (Å²) in [5.74, 6) is -0.174. The molecule has 0 spiro atoms. The SMILES string of the molecule is CC(C)(C)CCNC(=O)c1cc(N)c2ccccc2n1. The fraction of sp³-hybridized carbons (Fsp3) is 0.375. The molecular weight excluding hydrogens is 250 g/mol. The molecule has 106 valence electrons. The van der Waals surface area contributed by atoms with E-state index in [9.17, 15) is 4.79 Å². The number of nitrogens with one attached hydrogen (secondary N) is 1. The predicted octanol–water partition coefficient (Wildman–Crippen LogP) is 2.98. The maximum atomic E-state index is 12.1. The van der Waals surface area contributed by atoms with Gasteiger partial charge in [-0.05, 0) is 24.0 Å². The Morgan fingerprint density at radius 2 is 2.00 bits per heavy atom. The van der Waals surface area contributed by atoms with Gasteiger partial charge in [-0.15, -0.1) is 0 Å². The third-order valence-corrected chi connectivity index (χ3v) is 3.14. The van der Waals surface area contributed by atoms with Gasteiger partial charge in [-0.2, -0.15) is 0 Å². The number of hydrogen-bond acceptors (Lipinski definition) is 3. The van der Waals surface area contributed by atoms with Gasteiger partial charge in [-0.1, -0.05) is 39.0 Å². The van der Waals surface area contributed by atoms with E-state index in [1.54, 1.807) is 6.07 Å². The Hall–Kier alpha value is -2.10. The average molecular weight is 271 g/mol. The molecule has 0 unspecified atom stereocenters. The van der Waals surface area contributed by atoms with Crippen LogP contribution in [-0.4, -0.2) is 17.4 Å². The Bertz CT molecular complexity index is 629. The lowest BCUT2D eigenvalue weighted by Crippen LogP contribution is -2.28. The summed E-state index contributed by atoms with van der Waals surface area (Å²) < 4.78 is 0. The number of nitrogens with zero attached hydrogens (tertiary/aromatic N) is 1. The lowest BCUT2D eigenvalue weighted by molar-refractivity contribution is 0.0945. The summed E-state index contributed by atoms with van der Waals surface area (Å²) in [6.07, 6.45) is 0.918. The summed E-state index contributed by atoms with van der Waals surface area (Å²) in [5.41, 5.74) is 7.86. The molecule has 2 aromatic rings. The molecule has 0 aliphatic rings. The minimum atomic E-state index is -0.174. The second-order valence-corrected chi connectivity index (χ2v) is 6.18. The van der Waals surface area contributed by atoms with Gasteiger partial charge in [0.2, 0.25) is 0 Å². The lowest BCUT2D eigenvalue weighted by atomic mass is 9.92. The summed E-state index contributed by atoms with van der Waals surface area (Å²) >= 11 is 0. The topological polar surface area (TPSA) is 68.0 Å². The fourth-order valence-corrected chi connectivity index (χ4v) is 1.96. The Morgan fingerprint density at radius 1 is 1.30 bits per heavy atom. The van der Waals surface area contributed by atoms with E-state index in [-0.39, 0.29) is 11.3 Å². The molecular formula is C16H21N3O. The first-order chi connectivity index (χ1) is 9.37. The van der Waals surface area contributed by atoms with Crippen LogP contribution in [0.4, 0.5) is 5.69 Å². The number of pyridine rings is 1. The zero-order valence-corrected chi connectivity index (χ0v) is 12.2. The van der Waals surface area contributed by atoms with Gasteiger partial charge >= 0.3 is 0 Å². The van der Waals surface area contributed by atoms with Crippen molar-refractivity contribution in [3.63, 3.8) is 0 Å². The minimum absolute atomic E-state index is 0.174. The van der Waals surface area contributed by atoms with Crippen molar-refractivity contribution in [2.45, 2.75) is 27.2 Å². The number of carbonyl (C=O) groups excluding carboxylic acids is 1. The van der Waals surface area contributed by atoms with Gasteiger partial charge in [0.1, 0.15) is 5.69 Å². The normalized spacial score (nSPS) is 11.6. The summed E-state index contributed by atoms with van der Waals surface area (Å²) in [5, 5.41) is 3.76. The minimum Gasteiger partial charge on any atom is -0.398 e. The van der Waals surface area contributed by atoms with E-state index < -0.39 is 0 Å². The molecule has 0 atom stereocenters. The maximum absolute atomic E-state index is 12.1. The first-order valence-electron chi connectivity index (χ1n) is 6.80. The molecule has 1 aromatic heterocycles. The van der Waals surface area contributed by atoms with E-state index in [1.165, 1.54) is 0 Å². The van der Waals surface area contributed by atoms with Crippen LogP contribution in [-0.2, 0) is 0 Å². The van der Waals surface area contributed by atoms with Gasteiger partial charge < -0.3 is 11.1 Å². The Kier molecular flexibility index (Phi) is 3.93. The maximum Gasteiger partial charge on any atom is 0.269 e. The zero-order valence-electron chi connectivity index (χ0n) is 12.2. The number of anilines is 1.